The minimum atomic E-state index is -1.02. The fourth-order valence-corrected chi connectivity index (χ4v) is 6.97. The predicted molar refractivity (Wildman–Crippen MR) is 176 cm³/mol. The second-order valence-corrected chi connectivity index (χ2v) is 11.8. The Balaban J connectivity index is 1.58. The summed E-state index contributed by atoms with van der Waals surface area (Å²) in [6.45, 7) is 5.66. The standard InChI is InChI=1S/C36H32N2O7S/c1-5-10-26-31(35(42)44-6-2)32(30-25-12-8-7-11-21(25)15-17-28(30)43-4)38-33(39)29(46-36(38)37-26)19-22-16-18-27(45-22)23-13-9-14-24(20(23)3)34(40)41/h7-9,11-19,32H,5-6,10H2,1-4H3,(H,40,41)/b29-19-/t32-/m0/s1. The van der Waals surface area contributed by atoms with Crippen molar-refractivity contribution < 1.29 is 28.6 Å². The molecular weight excluding hydrogens is 604 g/mol. The lowest BCUT2D eigenvalue weighted by molar-refractivity contribution is -0.139. The molecule has 0 spiro atoms. The van der Waals surface area contributed by atoms with Crippen molar-refractivity contribution in [3.63, 3.8) is 0 Å². The van der Waals surface area contributed by atoms with Gasteiger partial charge in [0.1, 0.15) is 23.3 Å². The van der Waals surface area contributed by atoms with E-state index in [1.165, 1.54) is 11.3 Å². The first-order valence-electron chi connectivity index (χ1n) is 15.0. The van der Waals surface area contributed by atoms with Crippen molar-refractivity contribution in [3.05, 3.63) is 120 Å². The summed E-state index contributed by atoms with van der Waals surface area (Å²) in [6, 6.07) is 19.2. The van der Waals surface area contributed by atoms with Crippen LogP contribution in [0.25, 0.3) is 28.2 Å². The molecule has 0 radical (unpaired) electrons. The number of carbonyl (C=O) groups excluding carboxylic acids is 1. The molecule has 0 unspecified atom stereocenters. The molecule has 0 bridgehead atoms. The average molecular weight is 637 g/mol. The molecule has 46 heavy (non-hydrogen) atoms. The molecule has 0 amide bonds. The molecule has 2 aromatic heterocycles. The van der Waals surface area contributed by atoms with Crippen molar-refractivity contribution in [2.45, 2.75) is 39.7 Å². The maximum absolute atomic E-state index is 14.3. The van der Waals surface area contributed by atoms with Crippen LogP contribution in [0.2, 0.25) is 0 Å². The summed E-state index contributed by atoms with van der Waals surface area (Å²) >= 11 is 1.21. The third-order valence-corrected chi connectivity index (χ3v) is 9.03. The molecular formula is C36H32N2O7S. The predicted octanol–water partition coefficient (Wildman–Crippen LogP) is 6.01. The molecule has 1 aliphatic rings. The Hall–Kier alpha value is -5.22. The van der Waals surface area contributed by atoms with Gasteiger partial charge in [-0.05, 0) is 60.9 Å². The van der Waals surface area contributed by atoms with Crippen LogP contribution >= 0.6 is 11.3 Å². The van der Waals surface area contributed by atoms with Crippen molar-refractivity contribution >= 4 is 40.1 Å². The number of rotatable bonds is 9. The number of carbonyl (C=O) groups is 2. The lowest BCUT2D eigenvalue weighted by Gasteiger charge is -2.28. The molecule has 6 rings (SSSR count). The lowest BCUT2D eigenvalue weighted by atomic mass is 9.90. The zero-order valence-electron chi connectivity index (χ0n) is 25.8. The number of hydrogen-bond acceptors (Lipinski definition) is 8. The van der Waals surface area contributed by atoms with Gasteiger partial charge in [-0.1, -0.05) is 67.1 Å². The second kappa shape index (κ2) is 12.6. The van der Waals surface area contributed by atoms with Gasteiger partial charge in [-0.2, -0.15) is 0 Å². The molecule has 0 saturated heterocycles. The second-order valence-electron chi connectivity index (χ2n) is 10.8. The number of benzene rings is 3. The summed E-state index contributed by atoms with van der Waals surface area (Å²) in [7, 11) is 1.57. The highest BCUT2D eigenvalue weighted by Crippen LogP contribution is 2.41. The van der Waals surface area contributed by atoms with Crippen LogP contribution in [0, 0.1) is 6.92 Å². The highest BCUT2D eigenvalue weighted by molar-refractivity contribution is 7.07. The number of nitrogens with zero attached hydrogens (tertiary/aromatic N) is 2. The maximum atomic E-state index is 14.3. The number of furan rings is 1. The molecule has 0 saturated carbocycles. The number of allylic oxidation sites excluding steroid dienone is 1. The van der Waals surface area contributed by atoms with Gasteiger partial charge in [-0.3, -0.25) is 9.36 Å². The monoisotopic (exact) mass is 636 g/mol. The van der Waals surface area contributed by atoms with Crippen molar-refractivity contribution in [3.8, 4) is 17.1 Å². The Bertz CT molecular complexity index is 2220. The summed E-state index contributed by atoms with van der Waals surface area (Å²) in [4.78, 5) is 45.0. The topological polar surface area (TPSA) is 120 Å². The van der Waals surface area contributed by atoms with E-state index in [2.05, 4.69) is 0 Å². The van der Waals surface area contributed by atoms with Gasteiger partial charge in [-0.15, -0.1) is 0 Å². The first kappa shape index (κ1) is 30.8. The number of fused-ring (bicyclic) bond motifs is 2. The number of ether oxygens (including phenoxy) is 2. The van der Waals surface area contributed by atoms with E-state index in [9.17, 15) is 19.5 Å². The zero-order chi connectivity index (χ0) is 32.5. The van der Waals surface area contributed by atoms with Crippen LogP contribution in [0.1, 0.15) is 60.0 Å². The van der Waals surface area contributed by atoms with Crippen LogP contribution in [-0.4, -0.2) is 35.3 Å². The smallest absolute Gasteiger partial charge is 0.338 e. The Morgan fingerprint density at radius 2 is 1.87 bits per heavy atom. The van der Waals surface area contributed by atoms with E-state index in [0.29, 0.717) is 61.0 Å². The molecule has 10 heteroatoms. The highest BCUT2D eigenvalue weighted by Gasteiger charge is 2.37. The quantitative estimate of drug-likeness (QED) is 0.197. The number of esters is 1. The van der Waals surface area contributed by atoms with Crippen LogP contribution < -0.4 is 19.6 Å². The Morgan fingerprint density at radius 1 is 1.07 bits per heavy atom. The number of aromatic carboxylic acids is 1. The molecule has 234 valence electrons. The van der Waals surface area contributed by atoms with Crippen molar-refractivity contribution in [1.29, 1.82) is 0 Å². The van der Waals surface area contributed by atoms with E-state index in [1.54, 1.807) is 61.9 Å². The first-order valence-corrected chi connectivity index (χ1v) is 15.8. The SMILES string of the molecule is CCCC1=C(C(=O)OCC)[C@H](c2c(OC)ccc3ccccc23)n2c(s/c(=C\c3ccc(-c4cccc(C(=O)O)c4C)o3)c2=O)=N1. The minimum Gasteiger partial charge on any atom is -0.496 e. The number of aromatic nitrogens is 1. The van der Waals surface area contributed by atoms with Gasteiger partial charge < -0.3 is 19.0 Å². The molecule has 9 nitrogen and oxygen atoms in total. The van der Waals surface area contributed by atoms with Gasteiger partial charge in [0.15, 0.2) is 4.80 Å². The minimum absolute atomic E-state index is 0.168. The molecule has 3 heterocycles. The largest absolute Gasteiger partial charge is 0.496 e. The van der Waals surface area contributed by atoms with Crippen molar-refractivity contribution in [2.24, 2.45) is 4.99 Å². The van der Waals surface area contributed by atoms with Gasteiger partial charge in [0.2, 0.25) is 0 Å². The molecule has 0 fully saturated rings. The third-order valence-electron chi connectivity index (χ3n) is 8.05. The van der Waals surface area contributed by atoms with Crippen molar-refractivity contribution in [2.75, 3.05) is 13.7 Å². The first-order chi connectivity index (χ1) is 22.3. The Labute approximate surface area is 268 Å². The summed E-state index contributed by atoms with van der Waals surface area (Å²) in [6.07, 6.45) is 2.89. The zero-order valence-corrected chi connectivity index (χ0v) is 26.6. The summed E-state index contributed by atoms with van der Waals surface area (Å²) in [5.74, 6) is -0.119. The molecule has 5 aromatic rings. The van der Waals surface area contributed by atoms with E-state index in [4.69, 9.17) is 18.9 Å². The molecule has 1 atom stereocenters. The third kappa shape index (κ3) is 5.34. The number of hydrogen-bond donors (Lipinski definition) is 1. The van der Waals surface area contributed by atoms with E-state index in [-0.39, 0.29) is 17.7 Å². The fraction of sp³-hybridized carbons (Fsp3) is 0.222. The van der Waals surface area contributed by atoms with Crippen molar-refractivity contribution in [1.82, 2.24) is 4.57 Å². The molecule has 3 aromatic carbocycles. The van der Waals surface area contributed by atoms with Gasteiger partial charge >= 0.3 is 11.9 Å². The fourth-order valence-electron chi connectivity index (χ4n) is 5.97. The van der Waals surface area contributed by atoms with E-state index in [1.807, 2.05) is 43.3 Å². The summed E-state index contributed by atoms with van der Waals surface area (Å²) < 4.78 is 19.4. The molecule has 1 N–H and O–H groups in total. The van der Waals surface area contributed by atoms with Crippen LogP contribution in [-0.2, 0) is 9.53 Å². The summed E-state index contributed by atoms with van der Waals surface area (Å²) in [5.41, 5.74) is 2.63. The van der Waals surface area contributed by atoms with Gasteiger partial charge in [0, 0.05) is 17.2 Å². The maximum Gasteiger partial charge on any atom is 0.338 e. The number of methoxy groups -OCH3 is 1. The highest BCUT2D eigenvalue weighted by atomic mass is 32.1. The lowest BCUT2D eigenvalue weighted by Crippen LogP contribution is -2.40. The van der Waals surface area contributed by atoms with Gasteiger partial charge in [0.05, 0.1) is 35.1 Å². The van der Waals surface area contributed by atoms with E-state index in [0.717, 1.165) is 17.2 Å². The Kier molecular flexibility index (Phi) is 8.46. The molecule has 0 aliphatic carbocycles. The van der Waals surface area contributed by atoms with Crippen LogP contribution in [0.5, 0.6) is 5.75 Å². The summed E-state index contributed by atoms with van der Waals surface area (Å²) in [5, 5.41) is 11.3. The van der Waals surface area contributed by atoms with Crippen LogP contribution in [0.4, 0.5) is 0 Å². The van der Waals surface area contributed by atoms with E-state index >= 15 is 0 Å². The van der Waals surface area contributed by atoms with Crippen LogP contribution in [0.15, 0.2) is 92.2 Å². The van der Waals surface area contributed by atoms with Crippen LogP contribution in [0.3, 0.4) is 0 Å². The van der Waals surface area contributed by atoms with Gasteiger partial charge in [-0.25, -0.2) is 14.6 Å². The van der Waals surface area contributed by atoms with E-state index < -0.39 is 18.0 Å². The Morgan fingerprint density at radius 3 is 2.61 bits per heavy atom. The number of thiazole rings is 1. The average Bonchev–Trinajstić information content (AvgIpc) is 3.63. The molecule has 1 aliphatic heterocycles. The number of carboxylic acid groups (broad SMARTS) is 1. The number of carboxylic acids is 1. The van der Waals surface area contributed by atoms with Gasteiger partial charge in [0.25, 0.3) is 5.56 Å². The normalized spacial score (nSPS) is 14.7.